The fourth-order valence-corrected chi connectivity index (χ4v) is 5.91. The lowest BCUT2D eigenvalue weighted by molar-refractivity contribution is -0.0358. The van der Waals surface area contributed by atoms with Crippen LogP contribution in [0.4, 0.5) is 4.79 Å². The van der Waals surface area contributed by atoms with Crippen LogP contribution in [-0.4, -0.2) is 94.9 Å². The van der Waals surface area contributed by atoms with Gasteiger partial charge >= 0.3 is 6.09 Å². The molecule has 9 nitrogen and oxygen atoms in total. The summed E-state index contributed by atoms with van der Waals surface area (Å²) in [6.45, 7) is 10.2. The highest BCUT2D eigenvalue weighted by Gasteiger charge is 2.35. The number of ether oxygens (including phenoxy) is 6. The first-order valence-corrected chi connectivity index (χ1v) is 17.5. The van der Waals surface area contributed by atoms with E-state index < -0.39 is 5.60 Å². The molecule has 0 aromatic heterocycles. The van der Waals surface area contributed by atoms with E-state index in [0.717, 1.165) is 60.6 Å². The molecule has 4 rings (SSSR count). The molecule has 9 heteroatoms. The number of piperidine rings is 1. The van der Waals surface area contributed by atoms with Crippen LogP contribution in [0, 0.1) is 0 Å². The van der Waals surface area contributed by atoms with Crippen LogP contribution in [-0.2, 0) is 27.2 Å². The van der Waals surface area contributed by atoms with Gasteiger partial charge in [0.15, 0.2) is 0 Å². The summed E-state index contributed by atoms with van der Waals surface area (Å²) in [5.41, 5.74) is 2.84. The first-order valence-electron chi connectivity index (χ1n) is 17.5. The molecular formula is C40H56N2O7. The molecule has 0 spiro atoms. The molecule has 268 valence electrons. The van der Waals surface area contributed by atoms with E-state index in [4.69, 9.17) is 28.4 Å². The predicted octanol–water partition coefficient (Wildman–Crippen LogP) is 7.36. The zero-order chi connectivity index (χ0) is 35.1. The van der Waals surface area contributed by atoms with Gasteiger partial charge in [-0.15, -0.1) is 0 Å². The van der Waals surface area contributed by atoms with Gasteiger partial charge in [0, 0.05) is 24.4 Å². The summed E-state index contributed by atoms with van der Waals surface area (Å²) >= 11 is 0. The van der Waals surface area contributed by atoms with Crippen LogP contribution in [0.2, 0.25) is 0 Å². The molecule has 1 saturated heterocycles. The van der Waals surface area contributed by atoms with Crippen LogP contribution < -0.4 is 14.2 Å². The first-order chi connectivity index (χ1) is 23.6. The number of hydrogen-bond acceptors (Lipinski definition) is 8. The maximum atomic E-state index is 13.0. The molecule has 0 aliphatic carbocycles. The minimum atomic E-state index is -0.560. The summed E-state index contributed by atoms with van der Waals surface area (Å²) in [5, 5.41) is 0. The molecule has 3 aromatic carbocycles. The Morgan fingerprint density at radius 1 is 0.837 bits per heavy atom. The third kappa shape index (κ3) is 12.9. The van der Waals surface area contributed by atoms with Crippen LogP contribution in [0.1, 0.15) is 62.6 Å². The van der Waals surface area contributed by atoms with Gasteiger partial charge < -0.3 is 38.2 Å². The van der Waals surface area contributed by atoms with Crippen molar-refractivity contribution in [2.24, 2.45) is 0 Å². The summed E-state index contributed by atoms with van der Waals surface area (Å²) in [4.78, 5) is 16.9. The van der Waals surface area contributed by atoms with Crippen molar-refractivity contribution >= 4 is 6.09 Å². The maximum absolute atomic E-state index is 13.0. The molecule has 1 amide bonds. The second kappa shape index (κ2) is 19.4. The number of para-hydroxylation sites is 2. The second-order valence-electron chi connectivity index (χ2n) is 13.7. The highest BCUT2D eigenvalue weighted by atomic mass is 16.6. The molecule has 0 radical (unpaired) electrons. The molecule has 1 aliphatic heterocycles. The molecule has 3 aromatic rings. The van der Waals surface area contributed by atoms with E-state index in [-0.39, 0.29) is 18.1 Å². The number of likely N-dealkylation sites (tertiary alicyclic amines) is 1. The van der Waals surface area contributed by atoms with Crippen molar-refractivity contribution in [2.75, 3.05) is 67.3 Å². The molecule has 0 bridgehead atoms. The molecule has 1 aliphatic rings. The zero-order valence-electron chi connectivity index (χ0n) is 30.3. The SMILES string of the molecule is COc1ccccc1COCCCOc1ccc(C2CCN(C(=O)OC(C)(C)C)CC2OCCOc2ccccc2CCCN(C)C)cc1. The average Bonchev–Trinajstić information content (AvgIpc) is 3.08. The Morgan fingerprint density at radius 2 is 1.55 bits per heavy atom. The fraction of sp³-hybridized carbons (Fsp3) is 0.525. The van der Waals surface area contributed by atoms with Crippen molar-refractivity contribution in [2.45, 2.75) is 70.7 Å². The van der Waals surface area contributed by atoms with Crippen LogP contribution in [0.15, 0.2) is 72.8 Å². The molecule has 0 N–H and O–H groups in total. The molecule has 1 fully saturated rings. The van der Waals surface area contributed by atoms with Crippen LogP contribution in [0.3, 0.4) is 0 Å². The molecule has 49 heavy (non-hydrogen) atoms. The Bertz CT molecular complexity index is 1410. The van der Waals surface area contributed by atoms with Crippen molar-refractivity contribution in [3.05, 3.63) is 89.5 Å². The number of carbonyl (C=O) groups is 1. The number of hydrogen-bond donors (Lipinski definition) is 0. The number of methoxy groups -OCH3 is 1. The van der Waals surface area contributed by atoms with E-state index in [1.807, 2.05) is 69.3 Å². The van der Waals surface area contributed by atoms with Gasteiger partial charge in [0.25, 0.3) is 0 Å². The summed E-state index contributed by atoms with van der Waals surface area (Å²) in [6, 6.07) is 24.3. The Labute approximate surface area is 293 Å². The monoisotopic (exact) mass is 676 g/mol. The lowest BCUT2D eigenvalue weighted by Crippen LogP contribution is -2.48. The van der Waals surface area contributed by atoms with E-state index in [1.54, 1.807) is 12.0 Å². The lowest BCUT2D eigenvalue weighted by Gasteiger charge is -2.39. The van der Waals surface area contributed by atoms with Gasteiger partial charge in [-0.25, -0.2) is 4.79 Å². The Morgan fingerprint density at radius 3 is 2.27 bits per heavy atom. The summed E-state index contributed by atoms with van der Waals surface area (Å²) in [7, 11) is 5.85. The second-order valence-corrected chi connectivity index (χ2v) is 13.7. The molecule has 0 saturated carbocycles. The van der Waals surface area contributed by atoms with E-state index in [9.17, 15) is 4.79 Å². The predicted molar refractivity (Wildman–Crippen MR) is 193 cm³/mol. The lowest BCUT2D eigenvalue weighted by atomic mass is 9.87. The van der Waals surface area contributed by atoms with Gasteiger partial charge in [-0.1, -0.05) is 48.5 Å². The normalized spacial score (nSPS) is 16.4. The Hall–Kier alpha value is -3.79. The van der Waals surface area contributed by atoms with Crippen LogP contribution in [0.5, 0.6) is 17.2 Å². The number of nitrogens with zero attached hydrogens (tertiary/aromatic N) is 2. The standard InChI is InChI=1S/C40H56N2O7/c1-40(2,3)49-39(43)42-24-22-35(38(29-42)48-28-27-47-37-17-10-7-13-32(37)15-11-23-41(4)5)31-18-20-34(21-19-31)46-26-12-25-45-30-33-14-8-9-16-36(33)44-6/h7-10,13-14,16-21,35,38H,11-12,15,22-30H2,1-6H3. The minimum absolute atomic E-state index is 0.120. The third-order valence-corrected chi connectivity index (χ3v) is 8.37. The summed E-state index contributed by atoms with van der Waals surface area (Å²) in [6.07, 6.45) is 3.06. The van der Waals surface area contributed by atoms with Gasteiger partial charge in [0.1, 0.15) is 29.5 Å². The highest BCUT2D eigenvalue weighted by molar-refractivity contribution is 5.68. The van der Waals surface area contributed by atoms with Gasteiger partial charge in [-0.2, -0.15) is 0 Å². The number of rotatable bonds is 18. The summed E-state index contributed by atoms with van der Waals surface area (Å²) in [5.74, 6) is 2.67. The van der Waals surface area contributed by atoms with E-state index in [1.165, 1.54) is 5.56 Å². The highest BCUT2D eigenvalue weighted by Crippen LogP contribution is 2.32. The first kappa shape index (κ1) is 38.0. The average molecular weight is 677 g/mol. The smallest absolute Gasteiger partial charge is 0.410 e. The van der Waals surface area contributed by atoms with Gasteiger partial charge in [0.05, 0.1) is 46.2 Å². The Kier molecular flexibility index (Phi) is 15.1. The van der Waals surface area contributed by atoms with Crippen LogP contribution >= 0.6 is 0 Å². The third-order valence-electron chi connectivity index (χ3n) is 8.37. The van der Waals surface area contributed by atoms with Crippen molar-refractivity contribution in [3.63, 3.8) is 0 Å². The van der Waals surface area contributed by atoms with E-state index in [2.05, 4.69) is 43.3 Å². The van der Waals surface area contributed by atoms with E-state index >= 15 is 0 Å². The Balaban J connectivity index is 1.29. The molecule has 2 unspecified atom stereocenters. The van der Waals surface area contributed by atoms with Gasteiger partial charge in [-0.3, -0.25) is 0 Å². The van der Waals surface area contributed by atoms with Crippen molar-refractivity contribution in [1.29, 1.82) is 0 Å². The van der Waals surface area contributed by atoms with Crippen LogP contribution in [0.25, 0.3) is 0 Å². The fourth-order valence-electron chi connectivity index (χ4n) is 5.91. The topological polar surface area (TPSA) is 78.9 Å². The number of benzene rings is 3. The largest absolute Gasteiger partial charge is 0.496 e. The van der Waals surface area contributed by atoms with Crippen molar-refractivity contribution < 1.29 is 33.2 Å². The van der Waals surface area contributed by atoms with Gasteiger partial charge in [0.2, 0.25) is 0 Å². The van der Waals surface area contributed by atoms with E-state index in [0.29, 0.717) is 46.1 Å². The molecule has 2 atom stereocenters. The molecular weight excluding hydrogens is 620 g/mol. The van der Waals surface area contributed by atoms with Crippen molar-refractivity contribution in [1.82, 2.24) is 9.80 Å². The number of amides is 1. The van der Waals surface area contributed by atoms with Gasteiger partial charge in [-0.05, 0) is 96.1 Å². The summed E-state index contributed by atoms with van der Waals surface area (Å²) < 4.78 is 35.6. The van der Waals surface area contributed by atoms with Crippen molar-refractivity contribution in [3.8, 4) is 17.2 Å². The number of carbonyl (C=O) groups excluding carboxylic acids is 1. The zero-order valence-corrected chi connectivity index (χ0v) is 30.3. The number of aryl methyl sites for hydroxylation is 1. The molecule has 1 heterocycles. The maximum Gasteiger partial charge on any atom is 0.410 e. The quantitative estimate of drug-likeness (QED) is 0.129. The minimum Gasteiger partial charge on any atom is -0.496 e.